The number of rotatable bonds is 14. The molecule has 0 aromatic heterocycles. The van der Waals surface area contributed by atoms with Crippen LogP contribution in [-0.4, -0.2) is 63.3 Å². The first-order chi connectivity index (χ1) is 9.63. The highest BCUT2D eigenvalue weighted by atomic mass is 16.6. The number of methoxy groups -OCH3 is 1. The molecule has 0 saturated carbocycles. The molecule has 2 atom stereocenters. The molecule has 20 heavy (non-hydrogen) atoms. The highest BCUT2D eigenvalue weighted by Gasteiger charge is 2.25. The Kier molecular flexibility index (Phi) is 12.8. The molecule has 0 aliphatic heterocycles. The van der Waals surface area contributed by atoms with E-state index in [2.05, 4.69) is 0 Å². The average Bonchev–Trinajstić information content (AvgIpc) is 2.42. The zero-order valence-electron chi connectivity index (χ0n) is 12.3. The number of unbranched alkanes of at least 4 members (excludes halogenated alkanes) is 2. The Morgan fingerprint density at radius 3 is 2.45 bits per heavy atom. The van der Waals surface area contributed by atoms with Crippen LogP contribution in [0.25, 0.3) is 0 Å². The fraction of sp³-hybridized carbons (Fsp3) is 0.923. The van der Waals surface area contributed by atoms with Crippen molar-refractivity contribution in [3.8, 4) is 0 Å². The van der Waals surface area contributed by atoms with Crippen LogP contribution >= 0.6 is 0 Å². The Balaban J connectivity index is 3.81. The van der Waals surface area contributed by atoms with Gasteiger partial charge in [0.2, 0.25) is 0 Å². The number of hydrogen-bond acceptors (Lipinski definition) is 6. The van der Waals surface area contributed by atoms with Gasteiger partial charge in [-0.1, -0.05) is 12.8 Å². The first-order valence-electron chi connectivity index (χ1n) is 7.00. The fourth-order valence-corrected chi connectivity index (χ4v) is 1.71. The molecule has 0 rings (SSSR count). The van der Waals surface area contributed by atoms with Gasteiger partial charge in [0.05, 0.1) is 26.4 Å². The summed E-state index contributed by atoms with van der Waals surface area (Å²) in [7, 11) is 1.59. The molecule has 7 nitrogen and oxygen atoms in total. The number of ether oxygens (including phenoxy) is 3. The third kappa shape index (κ3) is 10.1. The quantitative estimate of drug-likeness (QED) is 0.385. The molecule has 7 heteroatoms. The van der Waals surface area contributed by atoms with Gasteiger partial charge in [0.25, 0.3) is 0 Å². The zero-order valence-corrected chi connectivity index (χ0v) is 12.3. The van der Waals surface area contributed by atoms with E-state index in [0.717, 1.165) is 19.3 Å². The van der Waals surface area contributed by atoms with Gasteiger partial charge in [-0.15, -0.1) is 0 Å². The van der Waals surface area contributed by atoms with E-state index in [1.807, 2.05) is 0 Å². The summed E-state index contributed by atoms with van der Waals surface area (Å²) in [5.74, 6) is -1.03. The molecule has 0 spiro atoms. The van der Waals surface area contributed by atoms with Gasteiger partial charge in [0.15, 0.2) is 6.10 Å². The molecule has 0 amide bonds. The summed E-state index contributed by atoms with van der Waals surface area (Å²) in [6.07, 6.45) is 2.37. The number of carboxylic acid groups (broad SMARTS) is 1. The number of aliphatic carboxylic acids is 1. The molecular formula is C13H28N2O5. The van der Waals surface area contributed by atoms with Crippen LogP contribution < -0.4 is 11.5 Å². The second-order valence-electron chi connectivity index (χ2n) is 4.54. The van der Waals surface area contributed by atoms with Gasteiger partial charge in [0.1, 0.15) is 0 Å². The van der Waals surface area contributed by atoms with Crippen LogP contribution in [0.2, 0.25) is 0 Å². The maximum Gasteiger partial charge on any atom is 0.334 e. The van der Waals surface area contributed by atoms with Crippen LogP contribution in [0.15, 0.2) is 0 Å². The van der Waals surface area contributed by atoms with Crippen LogP contribution in [0.3, 0.4) is 0 Å². The van der Waals surface area contributed by atoms with Gasteiger partial charge in [-0.05, 0) is 19.4 Å². The van der Waals surface area contributed by atoms with Crippen LogP contribution in [0.5, 0.6) is 0 Å². The standard InChI is InChI=1S/C13H28N2O5/c1-18-7-8-19-9-10-20-12(13(16)17)11(15)5-3-2-4-6-14/h11-12H,2-10,14-15H2,1H3,(H,16,17). The Morgan fingerprint density at radius 2 is 1.85 bits per heavy atom. The molecule has 0 heterocycles. The van der Waals surface area contributed by atoms with Crippen molar-refractivity contribution < 1.29 is 24.1 Å². The summed E-state index contributed by atoms with van der Waals surface area (Å²) in [6.45, 7) is 2.14. The van der Waals surface area contributed by atoms with Gasteiger partial charge in [0, 0.05) is 13.2 Å². The summed E-state index contributed by atoms with van der Waals surface area (Å²) in [5, 5.41) is 9.10. The Morgan fingerprint density at radius 1 is 1.15 bits per heavy atom. The summed E-state index contributed by atoms with van der Waals surface area (Å²) >= 11 is 0. The molecular weight excluding hydrogens is 264 g/mol. The average molecular weight is 292 g/mol. The van der Waals surface area contributed by atoms with Crippen molar-refractivity contribution >= 4 is 5.97 Å². The van der Waals surface area contributed by atoms with Crippen molar-refractivity contribution in [1.82, 2.24) is 0 Å². The molecule has 0 bridgehead atoms. The van der Waals surface area contributed by atoms with E-state index in [1.54, 1.807) is 7.11 Å². The van der Waals surface area contributed by atoms with E-state index in [4.69, 9.17) is 30.8 Å². The Hall–Kier alpha value is -0.730. The van der Waals surface area contributed by atoms with E-state index < -0.39 is 18.1 Å². The molecule has 0 aromatic rings. The minimum atomic E-state index is -1.03. The van der Waals surface area contributed by atoms with Gasteiger partial charge in [-0.2, -0.15) is 0 Å². The van der Waals surface area contributed by atoms with Crippen molar-refractivity contribution in [3.05, 3.63) is 0 Å². The maximum atomic E-state index is 11.1. The van der Waals surface area contributed by atoms with Crippen LogP contribution in [0, 0.1) is 0 Å². The monoisotopic (exact) mass is 292 g/mol. The van der Waals surface area contributed by atoms with Gasteiger partial charge < -0.3 is 30.8 Å². The maximum absolute atomic E-state index is 11.1. The van der Waals surface area contributed by atoms with Gasteiger partial charge in [-0.25, -0.2) is 4.79 Å². The van der Waals surface area contributed by atoms with Crippen molar-refractivity contribution in [1.29, 1.82) is 0 Å². The Bertz CT molecular complexity index is 241. The third-order valence-electron chi connectivity index (χ3n) is 2.83. The van der Waals surface area contributed by atoms with Crippen molar-refractivity contribution in [2.24, 2.45) is 11.5 Å². The van der Waals surface area contributed by atoms with Gasteiger partial charge in [-0.3, -0.25) is 0 Å². The van der Waals surface area contributed by atoms with Crippen LogP contribution in [0.4, 0.5) is 0 Å². The number of carboxylic acids is 1. The summed E-state index contributed by atoms with van der Waals surface area (Å²) in [5.41, 5.74) is 11.3. The first-order valence-corrected chi connectivity index (χ1v) is 7.00. The molecule has 0 aromatic carbocycles. The van der Waals surface area contributed by atoms with Crippen molar-refractivity contribution in [2.75, 3.05) is 40.1 Å². The van der Waals surface area contributed by atoms with Crippen molar-refractivity contribution in [2.45, 2.75) is 37.8 Å². The summed E-state index contributed by atoms with van der Waals surface area (Å²) in [4.78, 5) is 11.1. The zero-order chi connectivity index (χ0) is 15.2. The fourth-order valence-electron chi connectivity index (χ4n) is 1.71. The smallest absolute Gasteiger partial charge is 0.334 e. The minimum Gasteiger partial charge on any atom is -0.479 e. The molecule has 0 aliphatic rings. The molecule has 5 N–H and O–H groups in total. The van der Waals surface area contributed by atoms with Crippen molar-refractivity contribution in [3.63, 3.8) is 0 Å². The van der Waals surface area contributed by atoms with Crippen LogP contribution in [-0.2, 0) is 19.0 Å². The van der Waals surface area contributed by atoms with E-state index in [-0.39, 0.29) is 6.61 Å². The normalized spacial score (nSPS) is 14.2. The predicted octanol–water partition coefficient (Wildman–Crippen LogP) is -0.0344. The molecule has 0 fully saturated rings. The highest BCUT2D eigenvalue weighted by Crippen LogP contribution is 2.08. The molecule has 2 unspecified atom stereocenters. The second kappa shape index (κ2) is 13.3. The SMILES string of the molecule is COCCOCCOC(C(=O)O)C(N)CCCCCN. The lowest BCUT2D eigenvalue weighted by atomic mass is 10.0. The summed E-state index contributed by atoms with van der Waals surface area (Å²) < 4.78 is 15.3. The van der Waals surface area contributed by atoms with E-state index in [0.29, 0.717) is 32.8 Å². The highest BCUT2D eigenvalue weighted by molar-refractivity contribution is 5.73. The third-order valence-corrected chi connectivity index (χ3v) is 2.83. The Labute approximate surface area is 120 Å². The van der Waals surface area contributed by atoms with E-state index in [1.165, 1.54) is 0 Å². The lowest BCUT2D eigenvalue weighted by Crippen LogP contribution is -2.43. The largest absolute Gasteiger partial charge is 0.479 e. The summed E-state index contributed by atoms with van der Waals surface area (Å²) in [6, 6.07) is -0.510. The minimum absolute atomic E-state index is 0.206. The first kappa shape index (κ1) is 19.3. The number of hydrogen-bond donors (Lipinski definition) is 3. The second-order valence-corrected chi connectivity index (χ2v) is 4.54. The number of carbonyl (C=O) groups is 1. The number of nitrogens with two attached hydrogens (primary N) is 2. The molecule has 0 radical (unpaired) electrons. The van der Waals surface area contributed by atoms with E-state index in [9.17, 15) is 4.79 Å². The van der Waals surface area contributed by atoms with Gasteiger partial charge >= 0.3 is 5.97 Å². The lowest BCUT2D eigenvalue weighted by molar-refractivity contribution is -0.153. The molecule has 120 valence electrons. The topological polar surface area (TPSA) is 117 Å². The lowest BCUT2D eigenvalue weighted by Gasteiger charge is -2.20. The van der Waals surface area contributed by atoms with Crippen LogP contribution in [0.1, 0.15) is 25.7 Å². The predicted molar refractivity (Wildman–Crippen MR) is 75.6 cm³/mol. The molecule has 0 aliphatic carbocycles. The molecule has 0 saturated heterocycles. The van der Waals surface area contributed by atoms with E-state index >= 15 is 0 Å².